The van der Waals surface area contributed by atoms with Gasteiger partial charge < -0.3 is 16.4 Å². The van der Waals surface area contributed by atoms with Gasteiger partial charge in [-0.25, -0.2) is 9.97 Å². The zero-order valence-corrected chi connectivity index (χ0v) is 12.2. The lowest BCUT2D eigenvalue weighted by atomic mass is 10.1. The Morgan fingerprint density at radius 2 is 1.82 bits per heavy atom. The molecule has 0 bridgehead atoms. The number of hydrogen-bond acceptors (Lipinski definition) is 5. The second-order valence-corrected chi connectivity index (χ2v) is 4.67. The Morgan fingerprint density at radius 3 is 2.45 bits per heavy atom. The number of anilines is 2. The van der Waals surface area contributed by atoms with Crippen LogP contribution < -0.4 is 16.4 Å². The molecule has 1 aromatic carbocycles. The number of rotatable bonds is 6. The lowest BCUT2D eigenvalue weighted by molar-refractivity contribution is -0.114. The Balaban J connectivity index is 1.91. The maximum absolute atomic E-state index is 11.2. The number of nitrogens with zero attached hydrogens (tertiary/aromatic N) is 2. The van der Waals surface area contributed by atoms with Gasteiger partial charge in [-0.3, -0.25) is 9.59 Å². The van der Waals surface area contributed by atoms with E-state index in [-0.39, 0.29) is 11.6 Å². The largest absolute Gasteiger partial charge is 0.368 e. The van der Waals surface area contributed by atoms with E-state index in [1.807, 2.05) is 24.3 Å². The Bertz CT molecular complexity index is 670. The number of aromatic nitrogens is 2. The first kappa shape index (κ1) is 15.4. The van der Waals surface area contributed by atoms with Crippen molar-refractivity contribution >= 4 is 23.3 Å². The van der Waals surface area contributed by atoms with Crippen molar-refractivity contribution in [1.29, 1.82) is 0 Å². The standard InChI is InChI=1S/C15H17N5O2/c1-10(21)20-12-4-2-11(3-5-12)6-7-18-15-13(14(16)22)17-8-9-19-15/h2-5,8-9H,6-7H2,1H3,(H2,16,22)(H,18,19)(H,20,21). The molecule has 1 aromatic heterocycles. The van der Waals surface area contributed by atoms with Crippen LogP contribution in [0.1, 0.15) is 23.0 Å². The summed E-state index contributed by atoms with van der Waals surface area (Å²) in [5, 5.41) is 5.76. The summed E-state index contributed by atoms with van der Waals surface area (Å²) in [7, 11) is 0. The van der Waals surface area contributed by atoms with Crippen LogP contribution in [0.2, 0.25) is 0 Å². The lowest BCUT2D eigenvalue weighted by Crippen LogP contribution is -2.18. The number of nitrogens with two attached hydrogens (primary N) is 1. The molecule has 22 heavy (non-hydrogen) atoms. The summed E-state index contributed by atoms with van der Waals surface area (Å²) in [6.45, 7) is 2.05. The van der Waals surface area contributed by atoms with Gasteiger partial charge in [-0.2, -0.15) is 0 Å². The average molecular weight is 299 g/mol. The first-order valence-corrected chi connectivity index (χ1v) is 6.77. The summed E-state index contributed by atoms with van der Waals surface area (Å²) in [5.74, 6) is -0.337. The van der Waals surface area contributed by atoms with Crippen molar-refractivity contribution in [2.75, 3.05) is 17.2 Å². The molecule has 7 nitrogen and oxygen atoms in total. The van der Waals surface area contributed by atoms with Crippen LogP contribution in [0.15, 0.2) is 36.7 Å². The van der Waals surface area contributed by atoms with Crippen molar-refractivity contribution in [3.8, 4) is 0 Å². The van der Waals surface area contributed by atoms with Crippen LogP contribution in [-0.4, -0.2) is 28.3 Å². The Kier molecular flexibility index (Phi) is 5.02. The molecule has 0 aliphatic heterocycles. The number of primary amides is 1. The number of amides is 2. The van der Waals surface area contributed by atoms with Crippen molar-refractivity contribution in [2.24, 2.45) is 5.73 Å². The average Bonchev–Trinajstić information content (AvgIpc) is 2.49. The van der Waals surface area contributed by atoms with E-state index >= 15 is 0 Å². The highest BCUT2D eigenvalue weighted by molar-refractivity contribution is 5.95. The van der Waals surface area contributed by atoms with Crippen LogP contribution >= 0.6 is 0 Å². The fourth-order valence-electron chi connectivity index (χ4n) is 1.93. The van der Waals surface area contributed by atoms with Crippen LogP contribution in [0.4, 0.5) is 11.5 Å². The van der Waals surface area contributed by atoms with Crippen molar-refractivity contribution in [2.45, 2.75) is 13.3 Å². The molecule has 4 N–H and O–H groups in total. The fourth-order valence-corrected chi connectivity index (χ4v) is 1.93. The fraction of sp³-hybridized carbons (Fsp3) is 0.200. The predicted molar refractivity (Wildman–Crippen MR) is 83.5 cm³/mol. The molecule has 0 saturated carbocycles. The highest BCUT2D eigenvalue weighted by atomic mass is 16.1. The van der Waals surface area contributed by atoms with Gasteiger partial charge in [0.1, 0.15) is 0 Å². The molecular formula is C15H17N5O2. The zero-order chi connectivity index (χ0) is 15.9. The highest BCUT2D eigenvalue weighted by Gasteiger charge is 2.09. The predicted octanol–water partition coefficient (Wildman–Crippen LogP) is 1.19. The third kappa shape index (κ3) is 4.27. The summed E-state index contributed by atoms with van der Waals surface area (Å²) in [4.78, 5) is 30.1. The lowest BCUT2D eigenvalue weighted by Gasteiger charge is -2.08. The smallest absolute Gasteiger partial charge is 0.271 e. The van der Waals surface area contributed by atoms with E-state index < -0.39 is 5.91 Å². The quantitative estimate of drug-likeness (QED) is 0.742. The summed E-state index contributed by atoms with van der Waals surface area (Å²) in [6.07, 6.45) is 3.65. The molecule has 0 radical (unpaired) electrons. The molecular weight excluding hydrogens is 282 g/mol. The molecule has 114 valence electrons. The molecule has 0 saturated heterocycles. The van der Waals surface area contributed by atoms with Gasteiger partial charge in [0, 0.05) is 31.5 Å². The highest BCUT2D eigenvalue weighted by Crippen LogP contribution is 2.11. The van der Waals surface area contributed by atoms with E-state index in [4.69, 9.17) is 5.73 Å². The SMILES string of the molecule is CC(=O)Nc1ccc(CCNc2nccnc2C(N)=O)cc1. The minimum Gasteiger partial charge on any atom is -0.368 e. The van der Waals surface area contributed by atoms with Gasteiger partial charge in [0.15, 0.2) is 11.5 Å². The number of hydrogen-bond donors (Lipinski definition) is 3. The van der Waals surface area contributed by atoms with Crippen molar-refractivity contribution in [3.63, 3.8) is 0 Å². The Hall–Kier alpha value is -2.96. The van der Waals surface area contributed by atoms with Gasteiger partial charge in [0.25, 0.3) is 5.91 Å². The third-order valence-electron chi connectivity index (χ3n) is 2.91. The maximum Gasteiger partial charge on any atom is 0.271 e. The van der Waals surface area contributed by atoms with Gasteiger partial charge in [-0.1, -0.05) is 12.1 Å². The van der Waals surface area contributed by atoms with Crippen molar-refractivity contribution < 1.29 is 9.59 Å². The number of carbonyl (C=O) groups excluding carboxylic acids is 2. The topological polar surface area (TPSA) is 110 Å². The van der Waals surface area contributed by atoms with E-state index in [0.717, 1.165) is 17.7 Å². The van der Waals surface area contributed by atoms with Crippen LogP contribution in [0.25, 0.3) is 0 Å². The molecule has 0 atom stereocenters. The maximum atomic E-state index is 11.2. The molecule has 0 unspecified atom stereocenters. The first-order valence-electron chi connectivity index (χ1n) is 6.77. The van der Waals surface area contributed by atoms with Crippen molar-refractivity contribution in [3.05, 3.63) is 47.9 Å². The minimum atomic E-state index is -0.615. The second-order valence-electron chi connectivity index (χ2n) is 4.67. The minimum absolute atomic E-state index is 0.101. The van der Waals surface area contributed by atoms with Gasteiger partial charge >= 0.3 is 0 Å². The van der Waals surface area contributed by atoms with Crippen LogP contribution in [0.3, 0.4) is 0 Å². The molecule has 0 spiro atoms. The molecule has 2 amide bonds. The van der Waals surface area contributed by atoms with Crippen LogP contribution in [0.5, 0.6) is 0 Å². The molecule has 7 heteroatoms. The van der Waals surface area contributed by atoms with E-state index in [2.05, 4.69) is 20.6 Å². The Labute approximate surface area is 128 Å². The van der Waals surface area contributed by atoms with E-state index in [1.54, 1.807) is 0 Å². The first-order chi connectivity index (χ1) is 10.6. The zero-order valence-electron chi connectivity index (χ0n) is 12.2. The summed E-state index contributed by atoms with van der Waals surface area (Å²) < 4.78 is 0. The number of carbonyl (C=O) groups is 2. The number of nitrogens with one attached hydrogen (secondary N) is 2. The normalized spacial score (nSPS) is 10.0. The molecule has 2 rings (SSSR count). The van der Waals surface area contributed by atoms with E-state index in [9.17, 15) is 9.59 Å². The van der Waals surface area contributed by atoms with Gasteiger partial charge in [-0.05, 0) is 24.1 Å². The summed E-state index contributed by atoms with van der Waals surface area (Å²) in [6, 6.07) is 7.54. The molecule has 0 aliphatic carbocycles. The third-order valence-corrected chi connectivity index (χ3v) is 2.91. The van der Waals surface area contributed by atoms with Crippen molar-refractivity contribution in [1.82, 2.24) is 9.97 Å². The molecule has 0 fully saturated rings. The van der Waals surface area contributed by atoms with Gasteiger partial charge in [0.05, 0.1) is 0 Å². The summed E-state index contributed by atoms with van der Waals surface area (Å²) >= 11 is 0. The molecule has 0 aliphatic rings. The van der Waals surface area contributed by atoms with E-state index in [1.165, 1.54) is 19.3 Å². The van der Waals surface area contributed by atoms with Crippen LogP contribution in [-0.2, 0) is 11.2 Å². The second kappa shape index (κ2) is 7.16. The monoisotopic (exact) mass is 299 g/mol. The van der Waals surface area contributed by atoms with Gasteiger partial charge in [0.2, 0.25) is 5.91 Å². The van der Waals surface area contributed by atoms with E-state index in [0.29, 0.717) is 12.4 Å². The molecule has 1 heterocycles. The van der Waals surface area contributed by atoms with Crippen LogP contribution in [0, 0.1) is 0 Å². The Morgan fingerprint density at radius 1 is 1.14 bits per heavy atom. The number of benzene rings is 1. The van der Waals surface area contributed by atoms with Gasteiger partial charge in [-0.15, -0.1) is 0 Å². The summed E-state index contributed by atoms with van der Waals surface area (Å²) in [5.41, 5.74) is 7.21. The molecule has 2 aromatic rings.